The average molecular weight is 329 g/mol. The van der Waals surface area contributed by atoms with E-state index in [1.54, 1.807) is 48.5 Å². The lowest BCUT2D eigenvalue weighted by atomic mass is 10.1. The minimum Gasteiger partial charge on any atom is -0.294 e. The van der Waals surface area contributed by atoms with E-state index >= 15 is 0 Å². The minimum atomic E-state index is -0.404. The van der Waals surface area contributed by atoms with E-state index in [9.17, 15) is 14.4 Å². The molecule has 6 heteroatoms. The van der Waals surface area contributed by atoms with Crippen LogP contribution in [0.4, 0.5) is 5.69 Å². The number of rotatable bonds is 3. The summed E-state index contributed by atoms with van der Waals surface area (Å²) in [5.41, 5.74) is 1.24. The third-order valence-electron chi connectivity index (χ3n) is 3.66. The first-order chi connectivity index (χ1) is 11.0. The topological polar surface area (TPSA) is 57.7 Å². The lowest BCUT2D eigenvalue weighted by molar-refractivity contribution is -0.116. The van der Waals surface area contributed by atoms with E-state index in [0.717, 1.165) is 4.90 Å². The molecule has 0 aromatic heterocycles. The summed E-state index contributed by atoms with van der Waals surface area (Å²) in [5.74, 6) is -1.10. The molecule has 3 amide bonds. The zero-order valence-electron chi connectivity index (χ0n) is 12.3. The number of nitrogens with zero attached hydrogens (tertiary/aromatic N) is 2. The molecule has 0 radical (unpaired) electrons. The quantitative estimate of drug-likeness (QED) is 0.814. The molecule has 0 saturated heterocycles. The Bertz CT molecular complexity index is 784. The van der Waals surface area contributed by atoms with Crippen LogP contribution in [0.5, 0.6) is 0 Å². The predicted molar refractivity (Wildman–Crippen MR) is 86.4 cm³/mol. The molecule has 23 heavy (non-hydrogen) atoms. The smallest absolute Gasteiger partial charge is 0.263 e. The summed E-state index contributed by atoms with van der Waals surface area (Å²) in [4.78, 5) is 39.2. The highest BCUT2D eigenvalue weighted by molar-refractivity contribution is 6.31. The number of anilines is 1. The predicted octanol–water partition coefficient (Wildman–Crippen LogP) is 2.95. The Morgan fingerprint density at radius 3 is 2.17 bits per heavy atom. The molecule has 3 rings (SSSR count). The number of imide groups is 1. The summed E-state index contributed by atoms with van der Waals surface area (Å²) in [6.07, 6.45) is 0. The third-order valence-corrected chi connectivity index (χ3v) is 3.90. The van der Waals surface area contributed by atoms with Gasteiger partial charge in [0.15, 0.2) is 0 Å². The van der Waals surface area contributed by atoms with Crippen LogP contribution in [0.3, 0.4) is 0 Å². The summed E-state index contributed by atoms with van der Waals surface area (Å²) < 4.78 is 0. The number of carbonyl (C=O) groups is 3. The first-order valence-electron chi connectivity index (χ1n) is 6.98. The second-order valence-corrected chi connectivity index (χ2v) is 5.59. The maximum absolute atomic E-state index is 12.4. The van der Waals surface area contributed by atoms with Gasteiger partial charge in [0.1, 0.15) is 6.67 Å². The molecule has 0 N–H and O–H groups in total. The van der Waals surface area contributed by atoms with Crippen molar-refractivity contribution in [2.24, 2.45) is 0 Å². The van der Waals surface area contributed by atoms with Gasteiger partial charge in [-0.1, -0.05) is 29.8 Å². The largest absolute Gasteiger partial charge is 0.294 e. The Hall–Kier alpha value is -2.66. The molecule has 0 aliphatic carbocycles. The molecule has 0 saturated carbocycles. The first kappa shape index (κ1) is 15.2. The molecule has 0 fully saturated rings. The van der Waals surface area contributed by atoms with Gasteiger partial charge in [0.05, 0.1) is 11.1 Å². The van der Waals surface area contributed by atoms with Gasteiger partial charge in [0.25, 0.3) is 11.8 Å². The summed E-state index contributed by atoms with van der Waals surface area (Å²) in [6.45, 7) is 1.22. The van der Waals surface area contributed by atoms with Crippen molar-refractivity contribution in [3.05, 3.63) is 64.7 Å². The minimum absolute atomic E-state index is 0.151. The van der Waals surface area contributed by atoms with Gasteiger partial charge < -0.3 is 0 Å². The molecule has 2 aromatic rings. The van der Waals surface area contributed by atoms with Crippen molar-refractivity contribution in [3.63, 3.8) is 0 Å². The van der Waals surface area contributed by atoms with Gasteiger partial charge >= 0.3 is 0 Å². The maximum Gasteiger partial charge on any atom is 0.263 e. The molecular formula is C17H13ClN2O3. The first-order valence-corrected chi connectivity index (χ1v) is 7.35. The Morgan fingerprint density at radius 1 is 1.04 bits per heavy atom. The van der Waals surface area contributed by atoms with E-state index in [1.165, 1.54) is 11.8 Å². The second-order valence-electron chi connectivity index (χ2n) is 5.15. The summed E-state index contributed by atoms with van der Waals surface area (Å²) >= 11 is 5.96. The van der Waals surface area contributed by atoms with Crippen molar-refractivity contribution >= 4 is 35.0 Å². The fourth-order valence-electron chi connectivity index (χ4n) is 2.52. The summed E-state index contributed by atoms with van der Waals surface area (Å²) in [5, 5.41) is 0.469. The van der Waals surface area contributed by atoms with Crippen molar-refractivity contribution < 1.29 is 14.4 Å². The SMILES string of the molecule is CC(=O)N(CN1C(=O)c2ccccc2C1=O)c1cccc(Cl)c1. The molecule has 0 bridgehead atoms. The highest BCUT2D eigenvalue weighted by Gasteiger charge is 2.36. The molecule has 5 nitrogen and oxygen atoms in total. The summed E-state index contributed by atoms with van der Waals surface area (Å²) in [7, 11) is 0. The van der Waals surface area contributed by atoms with Crippen LogP contribution in [0.15, 0.2) is 48.5 Å². The standard InChI is InChI=1S/C17H13ClN2O3/c1-11(21)19(13-6-4-5-12(18)9-13)10-20-16(22)14-7-2-3-8-15(14)17(20)23/h2-9H,10H2,1H3. The fraction of sp³-hybridized carbons (Fsp3) is 0.118. The zero-order chi connectivity index (χ0) is 16.6. The molecule has 1 aliphatic rings. The Labute approximate surface area is 138 Å². The monoisotopic (exact) mass is 328 g/mol. The lowest BCUT2D eigenvalue weighted by Gasteiger charge is -2.26. The van der Waals surface area contributed by atoms with Crippen molar-refractivity contribution in [2.45, 2.75) is 6.92 Å². The molecule has 1 heterocycles. The zero-order valence-corrected chi connectivity index (χ0v) is 13.1. The van der Waals surface area contributed by atoms with Gasteiger partial charge in [-0.3, -0.25) is 24.2 Å². The lowest BCUT2D eigenvalue weighted by Crippen LogP contribution is -2.43. The van der Waals surface area contributed by atoms with Crippen molar-refractivity contribution in [1.82, 2.24) is 4.90 Å². The molecular weight excluding hydrogens is 316 g/mol. The van der Waals surface area contributed by atoms with Crippen molar-refractivity contribution in [3.8, 4) is 0 Å². The Kier molecular flexibility index (Phi) is 3.88. The van der Waals surface area contributed by atoms with Crippen LogP contribution in [0.1, 0.15) is 27.6 Å². The van der Waals surface area contributed by atoms with Gasteiger partial charge in [0.2, 0.25) is 5.91 Å². The van der Waals surface area contributed by atoms with Gasteiger partial charge in [-0.15, -0.1) is 0 Å². The van der Waals surface area contributed by atoms with Gasteiger partial charge in [0, 0.05) is 17.6 Å². The molecule has 2 aromatic carbocycles. The number of carbonyl (C=O) groups excluding carboxylic acids is 3. The normalized spacial score (nSPS) is 13.2. The van der Waals surface area contributed by atoms with E-state index in [4.69, 9.17) is 11.6 Å². The van der Waals surface area contributed by atoms with Crippen molar-refractivity contribution in [1.29, 1.82) is 0 Å². The van der Waals surface area contributed by atoms with E-state index in [2.05, 4.69) is 0 Å². The highest BCUT2D eigenvalue weighted by atomic mass is 35.5. The number of halogens is 1. The van der Waals surface area contributed by atoms with Crippen LogP contribution in [0.2, 0.25) is 5.02 Å². The number of hydrogen-bond donors (Lipinski definition) is 0. The van der Waals surface area contributed by atoms with Gasteiger partial charge in [-0.25, -0.2) is 0 Å². The molecule has 0 unspecified atom stereocenters. The van der Waals surface area contributed by atoms with Gasteiger partial charge in [-0.2, -0.15) is 0 Å². The maximum atomic E-state index is 12.4. The van der Waals surface area contributed by atoms with Crippen molar-refractivity contribution in [2.75, 3.05) is 11.6 Å². The van der Waals surface area contributed by atoms with E-state index < -0.39 is 11.8 Å². The Morgan fingerprint density at radius 2 is 1.65 bits per heavy atom. The molecule has 116 valence electrons. The second kappa shape index (κ2) is 5.85. The average Bonchev–Trinajstić information content (AvgIpc) is 2.77. The highest BCUT2D eigenvalue weighted by Crippen LogP contribution is 2.25. The van der Waals surface area contributed by atoms with Crippen LogP contribution in [0, 0.1) is 0 Å². The van der Waals surface area contributed by atoms with E-state index in [-0.39, 0.29) is 12.6 Å². The fourth-order valence-corrected chi connectivity index (χ4v) is 2.70. The van der Waals surface area contributed by atoms with Gasteiger partial charge in [-0.05, 0) is 30.3 Å². The van der Waals surface area contributed by atoms with Crippen LogP contribution in [-0.4, -0.2) is 29.3 Å². The van der Waals surface area contributed by atoms with E-state index in [1.807, 2.05) is 0 Å². The number of amides is 3. The Balaban J connectivity index is 1.92. The van der Waals surface area contributed by atoms with Crippen LogP contribution >= 0.6 is 11.6 Å². The number of benzene rings is 2. The molecule has 0 atom stereocenters. The van der Waals surface area contributed by atoms with Crippen LogP contribution in [-0.2, 0) is 4.79 Å². The van der Waals surface area contributed by atoms with Crippen LogP contribution in [0.25, 0.3) is 0 Å². The molecule has 0 spiro atoms. The third kappa shape index (κ3) is 2.71. The molecule has 1 aliphatic heterocycles. The number of hydrogen-bond acceptors (Lipinski definition) is 3. The summed E-state index contributed by atoms with van der Waals surface area (Å²) in [6, 6.07) is 13.3. The van der Waals surface area contributed by atoms with E-state index in [0.29, 0.717) is 21.8 Å². The number of fused-ring (bicyclic) bond motifs is 1. The van der Waals surface area contributed by atoms with Crippen LogP contribution < -0.4 is 4.90 Å².